The second-order valence-corrected chi connectivity index (χ2v) is 7.71. The van der Waals surface area contributed by atoms with Crippen LogP contribution < -0.4 is 15.4 Å². The zero-order chi connectivity index (χ0) is 19.3. The average molecular weight is 383 g/mol. The van der Waals surface area contributed by atoms with Crippen molar-refractivity contribution in [3.05, 3.63) is 24.3 Å². The number of esters is 1. The Morgan fingerprint density at radius 3 is 2.35 bits per heavy atom. The molecule has 10 heteroatoms. The molecule has 0 heterocycles. The summed E-state index contributed by atoms with van der Waals surface area (Å²) >= 11 is 0. The number of anilines is 1. The van der Waals surface area contributed by atoms with Crippen LogP contribution in [-0.2, 0) is 29.1 Å². The van der Waals surface area contributed by atoms with Gasteiger partial charge in [-0.3, -0.25) is 14.4 Å². The lowest BCUT2D eigenvalue weighted by molar-refractivity contribution is -0.153. The fraction of sp³-hybridized carbons (Fsp3) is 0.438. The van der Waals surface area contributed by atoms with Gasteiger partial charge in [0.2, 0.25) is 15.9 Å². The molecule has 1 atom stereocenters. The maximum Gasteiger partial charge on any atom is 0.321 e. The van der Waals surface area contributed by atoms with E-state index in [1.807, 2.05) is 0 Å². The molecule has 3 N–H and O–H groups in total. The third-order valence-electron chi connectivity index (χ3n) is 3.49. The summed E-state index contributed by atoms with van der Waals surface area (Å²) in [6, 6.07) is 5.59. The minimum absolute atomic E-state index is 0.0704. The fourth-order valence-electron chi connectivity index (χ4n) is 2.00. The van der Waals surface area contributed by atoms with Crippen LogP contribution in [0.15, 0.2) is 29.2 Å². The fourth-order valence-corrected chi connectivity index (χ4v) is 2.97. The number of carbonyl (C=O) groups excluding carboxylic acids is 3. The van der Waals surface area contributed by atoms with Gasteiger partial charge in [-0.25, -0.2) is 8.42 Å². The van der Waals surface area contributed by atoms with E-state index in [1.54, 1.807) is 0 Å². The number of carbonyl (C=O) groups is 3. The van der Waals surface area contributed by atoms with Crippen LogP contribution in [-0.4, -0.2) is 44.9 Å². The van der Waals surface area contributed by atoms with Crippen molar-refractivity contribution in [1.82, 2.24) is 10.0 Å². The van der Waals surface area contributed by atoms with Crippen LogP contribution in [0.25, 0.3) is 0 Å². The molecule has 1 saturated carbocycles. The molecule has 142 valence electrons. The standard InChI is InChI=1S/C16H21N3O6S/c1-10(16(22)19-13-3-4-13)25-15(21)9-17-26(23,24)14-7-5-12(6-8-14)18-11(2)20/h5-8,10,13,17H,3-4,9H2,1-2H3,(H,18,20)(H,19,22)/t10-/m1/s1. The summed E-state index contributed by atoms with van der Waals surface area (Å²) in [4.78, 5) is 34.3. The van der Waals surface area contributed by atoms with Gasteiger partial charge in [0.15, 0.2) is 6.10 Å². The molecule has 0 saturated heterocycles. The number of benzene rings is 1. The zero-order valence-electron chi connectivity index (χ0n) is 14.4. The van der Waals surface area contributed by atoms with Gasteiger partial charge in [-0.05, 0) is 44.0 Å². The van der Waals surface area contributed by atoms with Crippen LogP contribution in [0.4, 0.5) is 5.69 Å². The Labute approximate surface area is 151 Å². The molecule has 1 fully saturated rings. The van der Waals surface area contributed by atoms with Gasteiger partial charge in [-0.1, -0.05) is 0 Å². The second-order valence-electron chi connectivity index (χ2n) is 5.95. The molecular weight excluding hydrogens is 362 g/mol. The molecule has 2 amide bonds. The van der Waals surface area contributed by atoms with Crippen molar-refractivity contribution in [3.8, 4) is 0 Å². The highest BCUT2D eigenvalue weighted by Crippen LogP contribution is 2.18. The van der Waals surface area contributed by atoms with Gasteiger partial charge >= 0.3 is 5.97 Å². The maximum atomic E-state index is 12.2. The third kappa shape index (κ3) is 6.12. The van der Waals surface area contributed by atoms with Gasteiger partial charge in [0.1, 0.15) is 6.54 Å². The SMILES string of the molecule is CC(=O)Nc1ccc(S(=O)(=O)NCC(=O)O[C@H](C)C(=O)NC2CC2)cc1. The Balaban J connectivity index is 1.85. The van der Waals surface area contributed by atoms with E-state index in [1.165, 1.54) is 38.1 Å². The Morgan fingerprint density at radius 2 is 1.81 bits per heavy atom. The lowest BCUT2D eigenvalue weighted by atomic mass is 10.3. The number of amides is 2. The lowest BCUT2D eigenvalue weighted by Crippen LogP contribution is -2.39. The van der Waals surface area contributed by atoms with Crippen LogP contribution in [0.1, 0.15) is 26.7 Å². The number of rotatable bonds is 8. The zero-order valence-corrected chi connectivity index (χ0v) is 15.3. The van der Waals surface area contributed by atoms with Crippen molar-refractivity contribution in [3.63, 3.8) is 0 Å². The first kappa shape index (κ1) is 19.9. The molecule has 0 aromatic heterocycles. The van der Waals surface area contributed by atoms with Gasteiger partial charge in [-0.2, -0.15) is 4.72 Å². The monoisotopic (exact) mass is 383 g/mol. The Kier molecular flexibility index (Phi) is 6.32. The average Bonchev–Trinajstić information content (AvgIpc) is 3.37. The first-order valence-electron chi connectivity index (χ1n) is 8.04. The molecule has 26 heavy (non-hydrogen) atoms. The summed E-state index contributed by atoms with van der Waals surface area (Å²) in [7, 11) is -3.93. The first-order chi connectivity index (χ1) is 12.2. The number of ether oxygens (including phenoxy) is 1. The van der Waals surface area contributed by atoms with Crippen molar-refractivity contribution in [2.75, 3.05) is 11.9 Å². The van der Waals surface area contributed by atoms with E-state index in [9.17, 15) is 22.8 Å². The summed E-state index contributed by atoms with van der Waals surface area (Å²) < 4.78 is 31.3. The van der Waals surface area contributed by atoms with E-state index in [0.717, 1.165) is 12.8 Å². The molecule has 2 rings (SSSR count). The minimum atomic E-state index is -3.93. The molecule has 1 aliphatic rings. The molecule has 1 aromatic carbocycles. The summed E-state index contributed by atoms with van der Waals surface area (Å²) in [5.74, 6) is -1.54. The molecule has 0 aliphatic heterocycles. The second kappa shape index (κ2) is 8.28. The highest BCUT2D eigenvalue weighted by atomic mass is 32.2. The molecule has 1 aliphatic carbocycles. The maximum absolute atomic E-state index is 12.2. The predicted molar refractivity (Wildman–Crippen MR) is 92.7 cm³/mol. The number of hydrogen-bond acceptors (Lipinski definition) is 6. The number of sulfonamides is 1. The summed E-state index contributed by atoms with van der Waals surface area (Å²) in [5.41, 5.74) is 0.450. The van der Waals surface area contributed by atoms with Crippen molar-refractivity contribution in [2.24, 2.45) is 0 Å². The van der Waals surface area contributed by atoms with Crippen molar-refractivity contribution < 1.29 is 27.5 Å². The Bertz CT molecular complexity index is 787. The highest BCUT2D eigenvalue weighted by molar-refractivity contribution is 7.89. The van der Waals surface area contributed by atoms with E-state index in [0.29, 0.717) is 5.69 Å². The summed E-state index contributed by atoms with van der Waals surface area (Å²) in [5, 5.41) is 5.21. The van der Waals surface area contributed by atoms with E-state index in [4.69, 9.17) is 4.74 Å². The van der Waals surface area contributed by atoms with Crippen LogP contribution in [0, 0.1) is 0 Å². The largest absolute Gasteiger partial charge is 0.452 e. The molecule has 0 spiro atoms. The summed E-state index contributed by atoms with van der Waals surface area (Å²) in [6.45, 7) is 2.16. The molecule has 0 bridgehead atoms. The Morgan fingerprint density at radius 1 is 1.19 bits per heavy atom. The molecule has 9 nitrogen and oxygen atoms in total. The van der Waals surface area contributed by atoms with Gasteiger partial charge in [0, 0.05) is 18.7 Å². The first-order valence-corrected chi connectivity index (χ1v) is 9.53. The normalized spacial score (nSPS) is 15.0. The number of hydrogen-bond donors (Lipinski definition) is 3. The predicted octanol–water partition coefficient (Wildman–Crippen LogP) is 0.134. The van der Waals surface area contributed by atoms with E-state index >= 15 is 0 Å². The molecule has 0 unspecified atom stereocenters. The van der Waals surface area contributed by atoms with Crippen molar-refractivity contribution in [2.45, 2.75) is 43.7 Å². The van der Waals surface area contributed by atoms with E-state index < -0.39 is 34.5 Å². The summed E-state index contributed by atoms with van der Waals surface area (Å²) in [6.07, 6.45) is 0.824. The van der Waals surface area contributed by atoms with Gasteiger partial charge in [0.05, 0.1) is 4.90 Å². The van der Waals surface area contributed by atoms with Gasteiger partial charge < -0.3 is 15.4 Å². The van der Waals surface area contributed by atoms with Crippen LogP contribution in [0.2, 0.25) is 0 Å². The van der Waals surface area contributed by atoms with Crippen LogP contribution in [0.5, 0.6) is 0 Å². The quantitative estimate of drug-likeness (QED) is 0.547. The van der Waals surface area contributed by atoms with Crippen molar-refractivity contribution >= 4 is 33.5 Å². The smallest absolute Gasteiger partial charge is 0.321 e. The van der Waals surface area contributed by atoms with Crippen molar-refractivity contribution in [1.29, 1.82) is 0 Å². The molecule has 1 aromatic rings. The highest BCUT2D eigenvalue weighted by Gasteiger charge is 2.27. The molecule has 0 radical (unpaired) electrons. The van der Waals surface area contributed by atoms with Crippen LogP contribution in [0.3, 0.4) is 0 Å². The van der Waals surface area contributed by atoms with Gasteiger partial charge in [0.25, 0.3) is 5.91 Å². The van der Waals surface area contributed by atoms with E-state index in [-0.39, 0.29) is 16.8 Å². The minimum Gasteiger partial charge on any atom is -0.452 e. The third-order valence-corrected chi connectivity index (χ3v) is 4.91. The molecular formula is C16H21N3O6S. The topological polar surface area (TPSA) is 131 Å². The van der Waals surface area contributed by atoms with Crippen LogP contribution >= 0.6 is 0 Å². The van der Waals surface area contributed by atoms with Gasteiger partial charge in [-0.15, -0.1) is 0 Å². The lowest BCUT2D eigenvalue weighted by Gasteiger charge is -2.13. The Hall–Kier alpha value is -2.46. The van der Waals surface area contributed by atoms with E-state index in [2.05, 4.69) is 15.4 Å². The number of nitrogens with one attached hydrogen (secondary N) is 3.